The highest BCUT2D eigenvalue weighted by Crippen LogP contribution is 2.28. The zero-order chi connectivity index (χ0) is 10.2. The number of rotatable bonds is 1. The van der Waals surface area contributed by atoms with Gasteiger partial charge in [0.15, 0.2) is 6.10 Å². The van der Waals surface area contributed by atoms with Gasteiger partial charge in [0.25, 0.3) is 0 Å². The Morgan fingerprint density at radius 2 is 2.00 bits per heavy atom. The van der Waals surface area contributed by atoms with E-state index >= 15 is 0 Å². The summed E-state index contributed by atoms with van der Waals surface area (Å²) in [4.78, 5) is 10.6. The number of carboxylic acid groups (broad SMARTS) is 1. The highest BCUT2D eigenvalue weighted by molar-refractivity contribution is 5.73. The second-order valence-electron chi connectivity index (χ2n) is 3.80. The van der Waals surface area contributed by atoms with E-state index in [0.29, 0.717) is 0 Å². The fourth-order valence-electron chi connectivity index (χ4n) is 1.34. The van der Waals surface area contributed by atoms with E-state index in [2.05, 4.69) is 0 Å². The third-order valence-corrected chi connectivity index (χ3v) is 2.29. The monoisotopic (exact) mass is 190 g/mol. The Balaban J connectivity index is 2.76. The van der Waals surface area contributed by atoms with Gasteiger partial charge in [0.05, 0.1) is 17.8 Å². The lowest BCUT2D eigenvalue weighted by molar-refractivity contribution is -0.219. The van der Waals surface area contributed by atoms with Crippen LogP contribution in [0.1, 0.15) is 20.3 Å². The van der Waals surface area contributed by atoms with Crippen LogP contribution >= 0.6 is 0 Å². The topological polar surface area (TPSA) is 87.0 Å². The third kappa shape index (κ3) is 1.99. The first-order valence-corrected chi connectivity index (χ1v) is 4.11. The van der Waals surface area contributed by atoms with E-state index in [1.165, 1.54) is 0 Å². The summed E-state index contributed by atoms with van der Waals surface area (Å²) in [5.74, 6) is -1.20. The van der Waals surface area contributed by atoms with Gasteiger partial charge in [0.1, 0.15) is 0 Å². The highest BCUT2D eigenvalue weighted by Gasteiger charge is 2.44. The summed E-state index contributed by atoms with van der Waals surface area (Å²) in [5.41, 5.74) is -0.914. The molecule has 3 N–H and O–H groups in total. The van der Waals surface area contributed by atoms with Crippen LogP contribution in [0.4, 0.5) is 0 Å². The smallest absolute Gasteiger partial charge is 0.335 e. The number of aliphatic carboxylic acids is 1. The first-order valence-electron chi connectivity index (χ1n) is 4.11. The third-order valence-electron chi connectivity index (χ3n) is 2.29. The number of carboxylic acids is 1. The van der Waals surface area contributed by atoms with Gasteiger partial charge < -0.3 is 20.1 Å². The number of carbonyl (C=O) groups is 1. The maximum Gasteiger partial charge on any atom is 0.335 e. The van der Waals surface area contributed by atoms with Crippen LogP contribution in [-0.2, 0) is 9.53 Å². The van der Waals surface area contributed by atoms with Crippen LogP contribution in [-0.4, -0.2) is 45.2 Å². The minimum absolute atomic E-state index is 0.0317. The fourth-order valence-corrected chi connectivity index (χ4v) is 1.34. The molecule has 1 rings (SSSR count). The Labute approximate surface area is 75.9 Å². The SMILES string of the molecule is CC1(C)OC(C(=O)O)[C@@H](O)C[C@@H]1O. The standard InChI is InChI=1S/C8H14O5/c1-8(2)5(10)3-4(9)6(13-8)7(11)12/h4-6,9-10H,3H2,1-2H3,(H,11,12)/t4-,5-,6?/m0/s1. The van der Waals surface area contributed by atoms with Gasteiger partial charge in [0.2, 0.25) is 0 Å². The lowest BCUT2D eigenvalue weighted by atomic mass is 9.90. The van der Waals surface area contributed by atoms with Crippen LogP contribution in [0.15, 0.2) is 0 Å². The molecule has 13 heavy (non-hydrogen) atoms. The van der Waals surface area contributed by atoms with Crippen molar-refractivity contribution in [3.8, 4) is 0 Å². The van der Waals surface area contributed by atoms with E-state index < -0.39 is 29.9 Å². The summed E-state index contributed by atoms with van der Waals surface area (Å²) in [6.07, 6.45) is -3.18. The molecule has 0 bridgehead atoms. The minimum atomic E-state index is -1.24. The Bertz CT molecular complexity index is 213. The summed E-state index contributed by atoms with van der Waals surface area (Å²) in [6.45, 7) is 3.19. The molecule has 0 aromatic heterocycles. The lowest BCUT2D eigenvalue weighted by Gasteiger charge is -2.40. The maximum atomic E-state index is 10.6. The van der Waals surface area contributed by atoms with Gasteiger partial charge in [-0.15, -0.1) is 0 Å². The molecule has 0 radical (unpaired) electrons. The number of aliphatic hydroxyl groups excluding tert-OH is 2. The molecule has 0 saturated carbocycles. The molecule has 0 aromatic rings. The largest absolute Gasteiger partial charge is 0.479 e. The van der Waals surface area contributed by atoms with E-state index in [1.807, 2.05) is 0 Å². The second kappa shape index (κ2) is 3.25. The molecular formula is C8H14O5. The van der Waals surface area contributed by atoms with Crippen molar-refractivity contribution in [2.45, 2.75) is 44.2 Å². The van der Waals surface area contributed by atoms with Crippen molar-refractivity contribution in [1.82, 2.24) is 0 Å². The summed E-state index contributed by atoms with van der Waals surface area (Å²) in [5, 5.41) is 27.4. The van der Waals surface area contributed by atoms with Gasteiger partial charge in [0, 0.05) is 6.42 Å². The van der Waals surface area contributed by atoms with Crippen LogP contribution in [0.5, 0.6) is 0 Å². The van der Waals surface area contributed by atoms with E-state index in [0.717, 1.165) is 0 Å². The van der Waals surface area contributed by atoms with E-state index in [1.54, 1.807) is 13.8 Å². The number of hydrogen-bond donors (Lipinski definition) is 3. The molecule has 5 nitrogen and oxygen atoms in total. The number of aliphatic hydroxyl groups is 2. The summed E-state index contributed by atoms with van der Waals surface area (Å²) < 4.78 is 5.06. The molecule has 76 valence electrons. The number of ether oxygens (including phenoxy) is 1. The first kappa shape index (κ1) is 10.4. The molecule has 1 heterocycles. The van der Waals surface area contributed by atoms with Crippen molar-refractivity contribution in [1.29, 1.82) is 0 Å². The molecule has 1 saturated heterocycles. The summed E-state index contributed by atoms with van der Waals surface area (Å²) in [7, 11) is 0. The molecule has 5 heteroatoms. The van der Waals surface area contributed by atoms with Gasteiger partial charge >= 0.3 is 5.97 Å². The van der Waals surface area contributed by atoms with Gasteiger partial charge in [-0.05, 0) is 13.8 Å². The van der Waals surface area contributed by atoms with Crippen molar-refractivity contribution in [3.63, 3.8) is 0 Å². The predicted molar refractivity (Wildman–Crippen MR) is 43.2 cm³/mol. The Kier molecular flexibility index (Phi) is 2.61. The Morgan fingerprint density at radius 3 is 2.46 bits per heavy atom. The van der Waals surface area contributed by atoms with Gasteiger partial charge in [-0.1, -0.05) is 0 Å². The van der Waals surface area contributed by atoms with Crippen LogP contribution in [0.3, 0.4) is 0 Å². The number of hydrogen-bond acceptors (Lipinski definition) is 4. The highest BCUT2D eigenvalue weighted by atomic mass is 16.6. The van der Waals surface area contributed by atoms with Crippen LogP contribution in [0, 0.1) is 0 Å². The normalized spacial score (nSPS) is 38.6. The van der Waals surface area contributed by atoms with Gasteiger partial charge in [-0.2, -0.15) is 0 Å². The Morgan fingerprint density at radius 1 is 1.46 bits per heavy atom. The summed E-state index contributed by atoms with van der Waals surface area (Å²) in [6, 6.07) is 0. The minimum Gasteiger partial charge on any atom is -0.479 e. The Hall–Kier alpha value is -0.650. The second-order valence-corrected chi connectivity index (χ2v) is 3.80. The first-order chi connectivity index (χ1) is 5.84. The molecule has 0 amide bonds. The molecular weight excluding hydrogens is 176 g/mol. The van der Waals surface area contributed by atoms with Crippen LogP contribution in [0.25, 0.3) is 0 Å². The van der Waals surface area contributed by atoms with Crippen molar-refractivity contribution in [2.75, 3.05) is 0 Å². The molecule has 1 unspecified atom stereocenters. The lowest BCUT2D eigenvalue weighted by Crippen LogP contribution is -2.55. The zero-order valence-electron chi connectivity index (χ0n) is 7.60. The fraction of sp³-hybridized carbons (Fsp3) is 0.875. The molecule has 1 fully saturated rings. The van der Waals surface area contributed by atoms with Crippen LogP contribution < -0.4 is 0 Å². The van der Waals surface area contributed by atoms with Gasteiger partial charge in [-0.25, -0.2) is 4.79 Å². The average molecular weight is 190 g/mol. The van der Waals surface area contributed by atoms with E-state index in [-0.39, 0.29) is 6.42 Å². The quantitative estimate of drug-likeness (QED) is 0.512. The van der Waals surface area contributed by atoms with Crippen molar-refractivity contribution >= 4 is 5.97 Å². The van der Waals surface area contributed by atoms with Crippen molar-refractivity contribution in [2.24, 2.45) is 0 Å². The van der Waals surface area contributed by atoms with Crippen LogP contribution in [0.2, 0.25) is 0 Å². The molecule has 0 aromatic carbocycles. The summed E-state index contributed by atoms with van der Waals surface area (Å²) >= 11 is 0. The zero-order valence-corrected chi connectivity index (χ0v) is 7.60. The molecule has 3 atom stereocenters. The van der Waals surface area contributed by atoms with Gasteiger partial charge in [-0.3, -0.25) is 0 Å². The maximum absolute atomic E-state index is 10.6. The van der Waals surface area contributed by atoms with E-state index in [4.69, 9.17) is 9.84 Å². The van der Waals surface area contributed by atoms with Crippen molar-refractivity contribution in [3.05, 3.63) is 0 Å². The average Bonchev–Trinajstić information content (AvgIpc) is 1.97. The molecule has 0 aliphatic carbocycles. The molecule has 0 spiro atoms. The molecule has 1 aliphatic rings. The predicted octanol–water partition coefficient (Wildman–Crippen LogP) is -0.640. The van der Waals surface area contributed by atoms with Crippen molar-refractivity contribution < 1.29 is 24.9 Å². The molecule has 1 aliphatic heterocycles. The van der Waals surface area contributed by atoms with E-state index in [9.17, 15) is 15.0 Å².